The number of nitrogens with zero attached hydrogens (tertiary/aromatic N) is 3. The number of amidine groups is 1. The summed E-state index contributed by atoms with van der Waals surface area (Å²) in [4.78, 5) is 18.9. The molecule has 1 saturated heterocycles. The standard InChI is InChI=1S/C20H24N6O4S/c1-22-17-10-14(7-8-23-17)20(27)26-9-3-4-13(11-26)12-30-16-6-2-5-15-18(16)19(21)25-31(28,29)24-15/h2,5-8,10,13,24H,3-4,9,11-12H2,1H3,(H2,21,25)(H,22,23)/t13-/m0/s1. The molecule has 0 aliphatic carbocycles. The minimum absolute atomic E-state index is 0.0357. The van der Waals surface area contributed by atoms with Gasteiger partial charge in [0.2, 0.25) is 0 Å². The number of benzene rings is 1. The summed E-state index contributed by atoms with van der Waals surface area (Å²) in [5.41, 5.74) is 7.23. The van der Waals surface area contributed by atoms with Crippen LogP contribution in [0.15, 0.2) is 40.9 Å². The highest BCUT2D eigenvalue weighted by atomic mass is 32.2. The predicted octanol–water partition coefficient (Wildman–Crippen LogP) is 1.43. The normalized spacial score (nSPS) is 19.6. The van der Waals surface area contributed by atoms with E-state index < -0.39 is 10.2 Å². The summed E-state index contributed by atoms with van der Waals surface area (Å²) in [6.07, 6.45) is 3.41. The molecule has 3 heterocycles. The van der Waals surface area contributed by atoms with E-state index in [0.29, 0.717) is 48.1 Å². The Morgan fingerprint density at radius 3 is 3.03 bits per heavy atom. The number of amides is 1. The zero-order valence-electron chi connectivity index (χ0n) is 17.0. The van der Waals surface area contributed by atoms with Gasteiger partial charge in [0, 0.05) is 37.8 Å². The van der Waals surface area contributed by atoms with Crippen molar-refractivity contribution in [2.75, 3.05) is 36.8 Å². The lowest BCUT2D eigenvalue weighted by Gasteiger charge is -2.33. The second-order valence-corrected chi connectivity index (χ2v) is 8.82. The average molecular weight is 445 g/mol. The molecule has 4 rings (SSSR count). The van der Waals surface area contributed by atoms with Crippen molar-refractivity contribution >= 4 is 33.5 Å². The Morgan fingerprint density at radius 1 is 1.39 bits per heavy atom. The first kappa shape index (κ1) is 20.9. The van der Waals surface area contributed by atoms with Crippen LogP contribution in [0.1, 0.15) is 28.8 Å². The lowest BCUT2D eigenvalue weighted by Crippen LogP contribution is -2.41. The average Bonchev–Trinajstić information content (AvgIpc) is 2.76. The molecular formula is C20H24N6O4S. The van der Waals surface area contributed by atoms with Gasteiger partial charge in [0.05, 0.1) is 17.9 Å². The van der Waals surface area contributed by atoms with E-state index in [2.05, 4.69) is 19.4 Å². The molecule has 1 aromatic carbocycles. The number of likely N-dealkylation sites (tertiary alicyclic amines) is 1. The lowest BCUT2D eigenvalue weighted by molar-refractivity contribution is 0.0633. The van der Waals surface area contributed by atoms with Crippen molar-refractivity contribution in [1.82, 2.24) is 9.88 Å². The summed E-state index contributed by atoms with van der Waals surface area (Å²) < 4.78 is 35.3. The van der Waals surface area contributed by atoms with E-state index in [1.54, 1.807) is 43.6 Å². The van der Waals surface area contributed by atoms with Gasteiger partial charge in [-0.2, -0.15) is 8.42 Å². The van der Waals surface area contributed by atoms with Gasteiger partial charge < -0.3 is 20.7 Å². The molecule has 0 unspecified atom stereocenters. The number of carbonyl (C=O) groups excluding carboxylic acids is 1. The number of ether oxygens (including phenoxy) is 1. The van der Waals surface area contributed by atoms with Gasteiger partial charge in [-0.15, -0.1) is 4.40 Å². The van der Waals surface area contributed by atoms with E-state index in [-0.39, 0.29) is 17.7 Å². The Bertz CT molecular complexity index is 1130. The highest BCUT2D eigenvalue weighted by molar-refractivity contribution is 7.91. The Kier molecular flexibility index (Phi) is 5.68. The number of hydrogen-bond donors (Lipinski definition) is 3. The van der Waals surface area contributed by atoms with Crippen LogP contribution in [0.5, 0.6) is 5.75 Å². The maximum Gasteiger partial charge on any atom is 0.344 e. The van der Waals surface area contributed by atoms with Crippen molar-refractivity contribution in [3.05, 3.63) is 47.7 Å². The number of piperidine rings is 1. The van der Waals surface area contributed by atoms with E-state index >= 15 is 0 Å². The second kappa shape index (κ2) is 8.42. The third-order valence-corrected chi connectivity index (χ3v) is 6.20. The molecule has 1 atom stereocenters. The Balaban J connectivity index is 1.44. The molecule has 2 aliphatic heterocycles. The molecule has 0 spiro atoms. The number of nitrogens with one attached hydrogen (secondary N) is 2. The van der Waals surface area contributed by atoms with E-state index in [0.717, 1.165) is 12.8 Å². The van der Waals surface area contributed by atoms with Crippen molar-refractivity contribution in [3.63, 3.8) is 0 Å². The van der Waals surface area contributed by atoms with Crippen LogP contribution in [-0.2, 0) is 10.2 Å². The monoisotopic (exact) mass is 444 g/mol. The van der Waals surface area contributed by atoms with E-state index in [4.69, 9.17) is 10.5 Å². The van der Waals surface area contributed by atoms with Gasteiger partial charge in [-0.3, -0.25) is 9.52 Å². The summed E-state index contributed by atoms with van der Waals surface area (Å²) in [5, 5.41) is 2.94. The van der Waals surface area contributed by atoms with Gasteiger partial charge in [0.1, 0.15) is 11.6 Å². The zero-order valence-corrected chi connectivity index (χ0v) is 17.9. The molecule has 31 heavy (non-hydrogen) atoms. The Labute approximate surface area is 180 Å². The largest absolute Gasteiger partial charge is 0.492 e. The van der Waals surface area contributed by atoms with Crippen LogP contribution in [0.3, 0.4) is 0 Å². The molecule has 1 fully saturated rings. The van der Waals surface area contributed by atoms with Crippen LogP contribution in [0.4, 0.5) is 11.5 Å². The number of pyridine rings is 1. The molecule has 0 saturated carbocycles. The summed E-state index contributed by atoms with van der Waals surface area (Å²) >= 11 is 0. The smallest absolute Gasteiger partial charge is 0.344 e. The SMILES string of the molecule is CNc1cc(C(=O)N2CCC[C@H](COc3cccc4c3C(N)=NS(=O)(=O)N4)C2)ccn1. The maximum atomic E-state index is 12.9. The molecule has 2 aliphatic rings. The fourth-order valence-electron chi connectivity index (χ4n) is 3.81. The minimum Gasteiger partial charge on any atom is -0.492 e. The van der Waals surface area contributed by atoms with E-state index in [1.165, 1.54) is 0 Å². The second-order valence-electron chi connectivity index (χ2n) is 7.48. The summed E-state index contributed by atoms with van der Waals surface area (Å²) in [6.45, 7) is 1.63. The molecule has 0 radical (unpaired) electrons. The third kappa shape index (κ3) is 4.55. The third-order valence-electron chi connectivity index (χ3n) is 5.28. The van der Waals surface area contributed by atoms with Crippen molar-refractivity contribution < 1.29 is 17.9 Å². The van der Waals surface area contributed by atoms with Gasteiger partial charge in [0.25, 0.3) is 5.91 Å². The lowest BCUT2D eigenvalue weighted by atomic mass is 9.98. The van der Waals surface area contributed by atoms with Gasteiger partial charge in [-0.05, 0) is 37.1 Å². The highest BCUT2D eigenvalue weighted by Crippen LogP contribution is 2.31. The molecule has 4 N–H and O–H groups in total. The summed E-state index contributed by atoms with van der Waals surface area (Å²) in [5.74, 6) is 1.09. The highest BCUT2D eigenvalue weighted by Gasteiger charge is 2.27. The Hall–Kier alpha value is -3.34. The van der Waals surface area contributed by atoms with Gasteiger partial charge in [0.15, 0.2) is 5.84 Å². The van der Waals surface area contributed by atoms with Crippen molar-refractivity contribution in [2.24, 2.45) is 16.0 Å². The van der Waals surface area contributed by atoms with Crippen LogP contribution in [0.25, 0.3) is 0 Å². The number of rotatable bonds is 5. The van der Waals surface area contributed by atoms with Gasteiger partial charge in [-0.1, -0.05) is 6.07 Å². The van der Waals surface area contributed by atoms with Crippen LogP contribution in [-0.4, -0.2) is 56.8 Å². The van der Waals surface area contributed by atoms with Crippen LogP contribution in [0.2, 0.25) is 0 Å². The topological polar surface area (TPSA) is 139 Å². The zero-order chi connectivity index (χ0) is 22.0. The van der Waals surface area contributed by atoms with Crippen LogP contribution < -0.4 is 20.5 Å². The maximum absolute atomic E-state index is 12.9. The minimum atomic E-state index is -3.84. The van der Waals surface area contributed by atoms with Crippen molar-refractivity contribution in [1.29, 1.82) is 0 Å². The van der Waals surface area contributed by atoms with Gasteiger partial charge in [-0.25, -0.2) is 4.98 Å². The number of nitrogens with two attached hydrogens (primary N) is 1. The van der Waals surface area contributed by atoms with Crippen molar-refractivity contribution in [2.45, 2.75) is 12.8 Å². The number of fused-ring (bicyclic) bond motifs is 1. The molecule has 10 nitrogen and oxygen atoms in total. The number of carbonyl (C=O) groups is 1. The fourth-order valence-corrected chi connectivity index (χ4v) is 4.66. The van der Waals surface area contributed by atoms with E-state index in [9.17, 15) is 13.2 Å². The first-order valence-electron chi connectivity index (χ1n) is 9.94. The predicted molar refractivity (Wildman–Crippen MR) is 118 cm³/mol. The van der Waals surface area contributed by atoms with E-state index in [1.807, 2.05) is 4.90 Å². The molecule has 1 amide bonds. The summed E-state index contributed by atoms with van der Waals surface area (Å²) in [6, 6.07) is 8.47. The number of anilines is 2. The van der Waals surface area contributed by atoms with Gasteiger partial charge >= 0.3 is 10.2 Å². The quantitative estimate of drug-likeness (QED) is 0.634. The molecular weight excluding hydrogens is 420 g/mol. The number of aromatic nitrogens is 1. The van der Waals surface area contributed by atoms with Crippen LogP contribution >= 0.6 is 0 Å². The first-order chi connectivity index (χ1) is 14.9. The molecule has 2 aromatic rings. The summed E-state index contributed by atoms with van der Waals surface area (Å²) in [7, 11) is -2.08. The van der Waals surface area contributed by atoms with Crippen LogP contribution in [0, 0.1) is 5.92 Å². The molecule has 164 valence electrons. The molecule has 11 heteroatoms. The molecule has 1 aromatic heterocycles. The first-order valence-corrected chi connectivity index (χ1v) is 11.4. The number of hydrogen-bond acceptors (Lipinski definition) is 7. The molecule has 0 bridgehead atoms. The Morgan fingerprint density at radius 2 is 2.23 bits per heavy atom. The van der Waals surface area contributed by atoms with Crippen molar-refractivity contribution in [3.8, 4) is 5.75 Å². The fraction of sp³-hybridized carbons (Fsp3) is 0.350.